The third-order valence-electron chi connectivity index (χ3n) is 3.68. The SMILES string of the molecule is COc1cc(N)c(Cl)cc1C(=O)OCC(=O)N(CCC#N)c1ccccc1. The zero-order valence-electron chi connectivity index (χ0n) is 14.6. The fourth-order valence-electron chi connectivity index (χ4n) is 2.35. The summed E-state index contributed by atoms with van der Waals surface area (Å²) >= 11 is 5.94. The smallest absolute Gasteiger partial charge is 0.342 e. The Morgan fingerprint density at radius 2 is 1.96 bits per heavy atom. The summed E-state index contributed by atoms with van der Waals surface area (Å²) in [7, 11) is 1.38. The van der Waals surface area contributed by atoms with Gasteiger partial charge in [-0.3, -0.25) is 4.79 Å². The van der Waals surface area contributed by atoms with Crippen LogP contribution in [-0.4, -0.2) is 32.1 Å². The van der Waals surface area contributed by atoms with Crippen molar-refractivity contribution in [3.63, 3.8) is 0 Å². The summed E-state index contributed by atoms with van der Waals surface area (Å²) in [6.07, 6.45) is 0.149. The van der Waals surface area contributed by atoms with E-state index in [-0.39, 0.29) is 35.0 Å². The molecule has 0 bridgehead atoms. The number of anilines is 2. The first-order valence-electron chi connectivity index (χ1n) is 8.00. The first-order chi connectivity index (χ1) is 13.0. The predicted octanol–water partition coefficient (Wildman–Crippen LogP) is 3.03. The van der Waals surface area contributed by atoms with Gasteiger partial charge in [0.25, 0.3) is 5.91 Å². The second-order valence-electron chi connectivity index (χ2n) is 5.44. The van der Waals surface area contributed by atoms with Gasteiger partial charge in [-0.25, -0.2) is 4.79 Å². The lowest BCUT2D eigenvalue weighted by molar-refractivity contribution is -0.121. The molecule has 0 aliphatic rings. The van der Waals surface area contributed by atoms with Crippen LogP contribution in [-0.2, 0) is 9.53 Å². The molecule has 2 aromatic carbocycles. The Kier molecular flexibility index (Phi) is 7.03. The van der Waals surface area contributed by atoms with Gasteiger partial charge in [0, 0.05) is 18.3 Å². The van der Waals surface area contributed by atoms with Gasteiger partial charge in [-0.15, -0.1) is 0 Å². The summed E-state index contributed by atoms with van der Waals surface area (Å²) in [6, 6.07) is 13.6. The third-order valence-corrected chi connectivity index (χ3v) is 4.01. The number of carbonyl (C=O) groups is 2. The minimum absolute atomic E-state index is 0.0628. The van der Waals surface area contributed by atoms with E-state index in [2.05, 4.69) is 0 Å². The zero-order chi connectivity index (χ0) is 19.8. The third kappa shape index (κ3) is 5.12. The molecular formula is C19H18ClN3O4. The van der Waals surface area contributed by atoms with E-state index in [9.17, 15) is 9.59 Å². The molecule has 2 aromatic rings. The number of rotatable bonds is 7. The highest BCUT2D eigenvalue weighted by molar-refractivity contribution is 6.33. The van der Waals surface area contributed by atoms with Crippen molar-refractivity contribution in [2.45, 2.75) is 6.42 Å². The van der Waals surface area contributed by atoms with E-state index in [0.717, 1.165) is 0 Å². The van der Waals surface area contributed by atoms with Crippen molar-refractivity contribution >= 4 is 34.9 Å². The number of nitriles is 1. The molecular weight excluding hydrogens is 370 g/mol. The van der Waals surface area contributed by atoms with Crippen molar-refractivity contribution in [1.29, 1.82) is 5.26 Å². The average molecular weight is 388 g/mol. The van der Waals surface area contributed by atoms with Gasteiger partial charge in [0.1, 0.15) is 11.3 Å². The largest absolute Gasteiger partial charge is 0.496 e. The Labute approximate surface area is 161 Å². The number of nitrogens with two attached hydrogens (primary N) is 1. The number of esters is 1. The van der Waals surface area contributed by atoms with Crippen LogP contribution in [0.15, 0.2) is 42.5 Å². The van der Waals surface area contributed by atoms with Crippen LogP contribution in [0, 0.1) is 11.3 Å². The molecule has 0 spiro atoms. The molecule has 0 heterocycles. The summed E-state index contributed by atoms with van der Waals surface area (Å²) in [5.74, 6) is -1.03. The van der Waals surface area contributed by atoms with E-state index in [1.165, 1.54) is 24.1 Å². The molecule has 0 saturated carbocycles. The van der Waals surface area contributed by atoms with Gasteiger partial charge in [-0.05, 0) is 18.2 Å². The molecule has 0 aliphatic carbocycles. The molecule has 8 heteroatoms. The van der Waals surface area contributed by atoms with Crippen LogP contribution < -0.4 is 15.4 Å². The Balaban J connectivity index is 2.12. The fraction of sp³-hybridized carbons (Fsp3) is 0.211. The number of para-hydroxylation sites is 1. The lowest BCUT2D eigenvalue weighted by atomic mass is 10.2. The molecule has 140 valence electrons. The van der Waals surface area contributed by atoms with Crippen molar-refractivity contribution in [2.24, 2.45) is 0 Å². The standard InChI is InChI=1S/C19H18ClN3O4/c1-26-17-11-16(22)15(20)10-14(17)19(25)27-12-18(24)23(9-5-8-21)13-6-3-2-4-7-13/h2-4,6-7,10-11H,5,9,12,22H2,1H3. The summed E-state index contributed by atoms with van der Waals surface area (Å²) in [6.45, 7) is -0.307. The Hall–Kier alpha value is -3.24. The maximum absolute atomic E-state index is 12.5. The van der Waals surface area contributed by atoms with Crippen LogP contribution in [0.4, 0.5) is 11.4 Å². The topological polar surface area (TPSA) is 106 Å². The number of hydrogen-bond acceptors (Lipinski definition) is 6. The lowest BCUT2D eigenvalue weighted by Crippen LogP contribution is -2.35. The Bertz CT molecular complexity index is 865. The lowest BCUT2D eigenvalue weighted by Gasteiger charge is -2.21. The average Bonchev–Trinajstić information content (AvgIpc) is 2.68. The number of carbonyl (C=O) groups excluding carboxylic acids is 2. The van der Waals surface area contributed by atoms with Crippen LogP contribution in [0.2, 0.25) is 5.02 Å². The van der Waals surface area contributed by atoms with Crippen LogP contribution in [0.1, 0.15) is 16.8 Å². The predicted molar refractivity (Wildman–Crippen MR) is 102 cm³/mol. The number of methoxy groups -OCH3 is 1. The van der Waals surface area contributed by atoms with E-state index < -0.39 is 18.5 Å². The quantitative estimate of drug-likeness (QED) is 0.578. The first kappa shape index (κ1) is 20.1. The van der Waals surface area contributed by atoms with Gasteiger partial charge in [0.15, 0.2) is 6.61 Å². The van der Waals surface area contributed by atoms with Gasteiger partial charge in [0.2, 0.25) is 0 Å². The van der Waals surface area contributed by atoms with E-state index in [1.54, 1.807) is 24.3 Å². The molecule has 0 atom stereocenters. The maximum atomic E-state index is 12.5. The summed E-state index contributed by atoms with van der Waals surface area (Å²) < 4.78 is 10.2. The Morgan fingerprint density at radius 3 is 2.59 bits per heavy atom. The summed E-state index contributed by atoms with van der Waals surface area (Å²) in [4.78, 5) is 26.3. The van der Waals surface area contributed by atoms with Crippen LogP contribution in [0.3, 0.4) is 0 Å². The van der Waals surface area contributed by atoms with Crippen molar-refractivity contribution in [1.82, 2.24) is 0 Å². The Morgan fingerprint density at radius 1 is 1.26 bits per heavy atom. The molecule has 0 aliphatic heterocycles. The van der Waals surface area contributed by atoms with Crippen LogP contribution in [0.25, 0.3) is 0 Å². The molecule has 0 aromatic heterocycles. The molecule has 0 fully saturated rings. The van der Waals surface area contributed by atoms with Gasteiger partial charge in [0.05, 0.1) is 30.3 Å². The minimum atomic E-state index is -0.768. The first-order valence-corrected chi connectivity index (χ1v) is 8.38. The molecule has 7 nitrogen and oxygen atoms in total. The maximum Gasteiger partial charge on any atom is 0.342 e. The highest BCUT2D eigenvalue weighted by Gasteiger charge is 2.21. The van der Waals surface area contributed by atoms with E-state index in [4.69, 9.17) is 32.1 Å². The van der Waals surface area contributed by atoms with Gasteiger partial charge < -0.3 is 20.1 Å². The molecule has 0 saturated heterocycles. The number of amides is 1. The molecule has 0 unspecified atom stereocenters. The summed E-state index contributed by atoms with van der Waals surface area (Å²) in [5, 5.41) is 8.98. The van der Waals surface area contributed by atoms with Gasteiger partial charge in [-0.2, -0.15) is 5.26 Å². The van der Waals surface area contributed by atoms with Crippen molar-refractivity contribution in [3.8, 4) is 11.8 Å². The molecule has 2 N–H and O–H groups in total. The number of ether oxygens (including phenoxy) is 2. The zero-order valence-corrected chi connectivity index (χ0v) is 15.4. The van der Waals surface area contributed by atoms with E-state index in [1.807, 2.05) is 12.1 Å². The fourth-order valence-corrected chi connectivity index (χ4v) is 2.51. The van der Waals surface area contributed by atoms with Crippen molar-refractivity contribution in [2.75, 3.05) is 30.9 Å². The normalized spacial score (nSPS) is 9.96. The van der Waals surface area contributed by atoms with Gasteiger partial charge in [-0.1, -0.05) is 29.8 Å². The highest BCUT2D eigenvalue weighted by atomic mass is 35.5. The second-order valence-corrected chi connectivity index (χ2v) is 5.85. The second kappa shape index (κ2) is 9.46. The molecule has 2 rings (SSSR count). The van der Waals surface area contributed by atoms with Gasteiger partial charge >= 0.3 is 5.97 Å². The van der Waals surface area contributed by atoms with E-state index in [0.29, 0.717) is 5.69 Å². The van der Waals surface area contributed by atoms with Crippen LogP contribution in [0.5, 0.6) is 5.75 Å². The molecule has 0 radical (unpaired) electrons. The number of hydrogen-bond donors (Lipinski definition) is 1. The molecule has 1 amide bonds. The number of nitrogen functional groups attached to an aromatic ring is 1. The van der Waals surface area contributed by atoms with Crippen molar-refractivity contribution in [3.05, 3.63) is 53.1 Å². The number of halogens is 1. The van der Waals surface area contributed by atoms with Crippen molar-refractivity contribution < 1.29 is 19.1 Å². The van der Waals surface area contributed by atoms with Crippen LogP contribution >= 0.6 is 11.6 Å². The molecule has 27 heavy (non-hydrogen) atoms. The highest BCUT2D eigenvalue weighted by Crippen LogP contribution is 2.29. The van der Waals surface area contributed by atoms with E-state index >= 15 is 0 Å². The number of nitrogens with zero attached hydrogens (tertiary/aromatic N) is 2. The number of benzene rings is 2. The summed E-state index contributed by atoms with van der Waals surface area (Å²) in [5.41, 5.74) is 6.62. The monoisotopic (exact) mass is 387 g/mol. The minimum Gasteiger partial charge on any atom is -0.496 e.